The Balaban J connectivity index is 1.49. The van der Waals surface area contributed by atoms with Crippen LogP contribution in [0.25, 0.3) is 11.0 Å². The fraction of sp³-hybridized carbons (Fsp3) is 0.143. The minimum Gasteiger partial charge on any atom is -0.465 e. The molecule has 0 spiro atoms. The summed E-state index contributed by atoms with van der Waals surface area (Å²) in [4.78, 5) is 39.2. The molecule has 0 saturated carbocycles. The number of carbonyl (C=O) groups excluding carboxylic acids is 1. The van der Waals surface area contributed by atoms with Crippen LogP contribution < -0.4 is 16.0 Å². The average molecular weight is 572 g/mol. The van der Waals surface area contributed by atoms with Crippen LogP contribution in [-0.4, -0.2) is 36.4 Å². The van der Waals surface area contributed by atoms with E-state index in [1.54, 1.807) is 24.3 Å². The molecule has 0 aliphatic rings. The number of aromatic nitrogens is 4. The molecule has 4 N–H and O–H groups in total. The minimum atomic E-state index is -1.12. The summed E-state index contributed by atoms with van der Waals surface area (Å²) >= 11 is 2.69. The molecule has 0 saturated heterocycles. The van der Waals surface area contributed by atoms with E-state index in [9.17, 15) is 9.59 Å². The van der Waals surface area contributed by atoms with E-state index >= 15 is 0 Å². The van der Waals surface area contributed by atoms with Gasteiger partial charge in [-0.15, -0.1) is 0 Å². The molecular formula is C28H25N7O3S2. The van der Waals surface area contributed by atoms with Crippen LogP contribution >= 0.6 is 23.3 Å². The first-order chi connectivity index (χ1) is 19.2. The van der Waals surface area contributed by atoms with Crippen LogP contribution in [0.3, 0.4) is 0 Å². The number of anilines is 4. The molecule has 40 heavy (non-hydrogen) atoms. The fourth-order valence-electron chi connectivity index (χ4n) is 3.83. The fourth-order valence-corrected chi connectivity index (χ4v) is 5.37. The Morgan fingerprint density at radius 2 is 1.77 bits per heavy atom. The predicted molar refractivity (Wildman–Crippen MR) is 158 cm³/mol. The summed E-state index contributed by atoms with van der Waals surface area (Å²) in [6.45, 7) is 6.02. The van der Waals surface area contributed by atoms with Crippen molar-refractivity contribution < 1.29 is 14.7 Å². The van der Waals surface area contributed by atoms with E-state index in [1.165, 1.54) is 29.6 Å². The van der Waals surface area contributed by atoms with Crippen LogP contribution in [0.4, 0.5) is 27.0 Å². The highest BCUT2D eigenvalue weighted by Gasteiger charge is 2.15. The Morgan fingerprint density at radius 3 is 2.48 bits per heavy atom. The van der Waals surface area contributed by atoms with Crippen molar-refractivity contribution in [3.63, 3.8) is 0 Å². The van der Waals surface area contributed by atoms with Crippen molar-refractivity contribution in [3.8, 4) is 0 Å². The van der Waals surface area contributed by atoms with E-state index < -0.39 is 6.09 Å². The number of benzene rings is 2. The Hall–Kier alpha value is -4.55. The third-order valence-electron chi connectivity index (χ3n) is 5.80. The summed E-state index contributed by atoms with van der Waals surface area (Å²) in [6, 6.07) is 18.2. The molecule has 12 heteroatoms. The Kier molecular flexibility index (Phi) is 7.89. The van der Waals surface area contributed by atoms with Gasteiger partial charge in [-0.1, -0.05) is 25.6 Å². The molecule has 0 atom stereocenters. The number of pyridine rings is 1. The molecule has 0 radical (unpaired) electrons. The zero-order chi connectivity index (χ0) is 28.2. The third-order valence-corrected chi connectivity index (χ3v) is 7.68. The van der Waals surface area contributed by atoms with E-state index in [0.717, 1.165) is 26.6 Å². The zero-order valence-electron chi connectivity index (χ0n) is 21.8. The highest BCUT2D eigenvalue weighted by Crippen LogP contribution is 2.37. The van der Waals surface area contributed by atoms with Crippen LogP contribution in [0.5, 0.6) is 0 Å². The van der Waals surface area contributed by atoms with E-state index in [-0.39, 0.29) is 11.8 Å². The normalized spacial score (nSPS) is 11.0. The lowest BCUT2D eigenvalue weighted by Gasteiger charge is -2.15. The van der Waals surface area contributed by atoms with Gasteiger partial charge in [-0.05, 0) is 85.0 Å². The first-order valence-corrected chi connectivity index (χ1v) is 13.9. The molecule has 5 rings (SSSR count). The Morgan fingerprint density at radius 1 is 0.975 bits per heavy atom. The molecule has 0 aliphatic heterocycles. The van der Waals surface area contributed by atoms with Gasteiger partial charge in [-0.25, -0.2) is 19.7 Å². The van der Waals surface area contributed by atoms with Crippen molar-refractivity contribution in [1.82, 2.24) is 19.3 Å². The first kappa shape index (κ1) is 27.0. The van der Waals surface area contributed by atoms with Crippen LogP contribution in [-0.2, 0) is 0 Å². The van der Waals surface area contributed by atoms with Gasteiger partial charge in [0.05, 0.1) is 16.8 Å². The molecule has 5 aromatic rings. The first-order valence-electron chi connectivity index (χ1n) is 12.3. The smallest absolute Gasteiger partial charge is 0.409 e. The second-order valence-corrected chi connectivity index (χ2v) is 11.1. The van der Waals surface area contributed by atoms with Crippen molar-refractivity contribution in [2.45, 2.75) is 36.5 Å². The van der Waals surface area contributed by atoms with Gasteiger partial charge in [0.1, 0.15) is 17.1 Å². The quantitative estimate of drug-likeness (QED) is 0.153. The second kappa shape index (κ2) is 11.7. The summed E-state index contributed by atoms with van der Waals surface area (Å²) < 4.78 is 4.22. The molecule has 0 unspecified atom stereocenters. The summed E-state index contributed by atoms with van der Waals surface area (Å²) in [5, 5.41) is 19.0. The Labute approximate surface area is 238 Å². The number of hydrogen-bond donors (Lipinski definition) is 4. The van der Waals surface area contributed by atoms with Gasteiger partial charge in [-0.2, -0.15) is 4.37 Å². The lowest BCUT2D eigenvalue weighted by molar-refractivity contribution is 0.102. The number of fused-ring (bicyclic) bond motifs is 1. The van der Waals surface area contributed by atoms with Gasteiger partial charge in [0.15, 0.2) is 5.65 Å². The number of carboxylic acid groups (broad SMARTS) is 1. The molecule has 2 aromatic carbocycles. The molecule has 0 fully saturated rings. The summed E-state index contributed by atoms with van der Waals surface area (Å²) in [6.07, 6.45) is 0.340. The lowest BCUT2D eigenvalue weighted by atomic mass is 10.1. The second-order valence-electron chi connectivity index (χ2n) is 9.16. The largest absolute Gasteiger partial charge is 0.465 e. The maximum atomic E-state index is 13.1. The topological polar surface area (TPSA) is 142 Å². The SMILES string of the molecule is Cc1cc(NC(=O)c2ccc(Sc3ccc(NC(=O)O)cc3)c(Nc3ncnc4nc(C(C)C)ccc34)c2)sn1. The number of carbonyl (C=O) groups is 2. The van der Waals surface area contributed by atoms with E-state index in [1.807, 2.05) is 43.3 Å². The van der Waals surface area contributed by atoms with Crippen molar-refractivity contribution in [2.75, 3.05) is 16.0 Å². The zero-order valence-corrected chi connectivity index (χ0v) is 23.4. The number of nitrogens with zero attached hydrogens (tertiary/aromatic N) is 4. The van der Waals surface area contributed by atoms with Crippen molar-refractivity contribution >= 4 is 68.5 Å². The van der Waals surface area contributed by atoms with Gasteiger partial charge in [0.25, 0.3) is 5.91 Å². The maximum Gasteiger partial charge on any atom is 0.409 e. The Bertz CT molecular complexity index is 1700. The van der Waals surface area contributed by atoms with Crippen molar-refractivity contribution in [2.24, 2.45) is 0 Å². The standard InChI is InChI=1S/C28H25N7O3S2/c1-15(2)21-10-9-20-25(32-21)29-14-30-26(20)33-22-13-17(27(36)34-24-12-16(3)35-40-24)4-11-23(22)39-19-7-5-18(6-8-19)31-28(37)38/h4-15,31H,1-3H3,(H,34,36)(H,37,38)(H,29,30,32,33). The summed E-state index contributed by atoms with van der Waals surface area (Å²) in [7, 11) is 0. The van der Waals surface area contributed by atoms with Gasteiger partial charge in [0.2, 0.25) is 0 Å². The number of aryl methyl sites for hydroxylation is 1. The number of amides is 2. The maximum absolute atomic E-state index is 13.1. The third kappa shape index (κ3) is 6.35. The molecule has 0 bridgehead atoms. The van der Waals surface area contributed by atoms with E-state index in [4.69, 9.17) is 5.11 Å². The molecule has 10 nitrogen and oxygen atoms in total. The molecule has 3 aromatic heterocycles. The predicted octanol–water partition coefficient (Wildman–Crippen LogP) is 7.15. The lowest BCUT2D eigenvalue weighted by Crippen LogP contribution is -2.11. The van der Waals surface area contributed by atoms with E-state index in [2.05, 4.69) is 49.1 Å². The van der Waals surface area contributed by atoms with Gasteiger partial charge in [-0.3, -0.25) is 10.1 Å². The van der Waals surface area contributed by atoms with Gasteiger partial charge < -0.3 is 15.7 Å². The van der Waals surface area contributed by atoms with Crippen LogP contribution in [0, 0.1) is 6.92 Å². The van der Waals surface area contributed by atoms with Crippen LogP contribution in [0.1, 0.15) is 41.5 Å². The average Bonchev–Trinajstić information content (AvgIpc) is 3.34. The number of nitrogens with one attached hydrogen (secondary N) is 3. The molecule has 202 valence electrons. The van der Waals surface area contributed by atoms with Crippen molar-refractivity contribution in [3.05, 3.63) is 83.9 Å². The van der Waals surface area contributed by atoms with Crippen molar-refractivity contribution in [1.29, 1.82) is 0 Å². The van der Waals surface area contributed by atoms with Gasteiger partial charge in [0, 0.05) is 26.7 Å². The summed E-state index contributed by atoms with van der Waals surface area (Å²) in [5.41, 5.74) is 3.95. The van der Waals surface area contributed by atoms with Crippen LogP contribution in [0.15, 0.2) is 76.8 Å². The highest BCUT2D eigenvalue weighted by molar-refractivity contribution is 7.99. The summed E-state index contributed by atoms with van der Waals surface area (Å²) in [5.74, 6) is 0.558. The molecule has 2 amide bonds. The van der Waals surface area contributed by atoms with Gasteiger partial charge >= 0.3 is 6.09 Å². The number of hydrogen-bond acceptors (Lipinski definition) is 9. The number of rotatable bonds is 8. The monoisotopic (exact) mass is 571 g/mol. The minimum absolute atomic E-state index is 0.258. The molecular weight excluding hydrogens is 546 g/mol. The molecule has 3 heterocycles. The highest BCUT2D eigenvalue weighted by atomic mass is 32.2. The van der Waals surface area contributed by atoms with Crippen LogP contribution in [0.2, 0.25) is 0 Å². The van der Waals surface area contributed by atoms with E-state index in [0.29, 0.717) is 33.4 Å². The molecule has 0 aliphatic carbocycles.